The van der Waals surface area contributed by atoms with Crippen molar-refractivity contribution < 1.29 is 37.3 Å². The average molecular weight is 369 g/mol. The third-order valence-electron chi connectivity index (χ3n) is 3.48. The first-order valence-corrected chi connectivity index (χ1v) is 7.15. The van der Waals surface area contributed by atoms with Gasteiger partial charge in [-0.25, -0.2) is 4.79 Å². The van der Waals surface area contributed by atoms with Crippen molar-refractivity contribution in [1.82, 2.24) is 0 Å². The van der Waals surface area contributed by atoms with Crippen LogP contribution >= 0.6 is 0 Å². The van der Waals surface area contributed by atoms with Crippen LogP contribution in [-0.4, -0.2) is 31.2 Å². The lowest BCUT2D eigenvalue weighted by molar-refractivity contribution is -0.137. The smallest absolute Gasteiger partial charge is 0.416 e. The zero-order chi connectivity index (χ0) is 19.5. The zero-order valence-electron chi connectivity index (χ0n) is 13.7. The Morgan fingerprint density at radius 1 is 1.00 bits per heavy atom. The van der Waals surface area contributed by atoms with Crippen LogP contribution in [0.1, 0.15) is 26.3 Å². The summed E-state index contributed by atoms with van der Waals surface area (Å²) in [6, 6.07) is 6.21. The molecule has 0 radical (unpaired) electrons. The molecule has 0 aliphatic rings. The van der Waals surface area contributed by atoms with Gasteiger partial charge in [0.2, 0.25) is 0 Å². The van der Waals surface area contributed by atoms with E-state index < -0.39 is 34.9 Å². The fourth-order valence-corrected chi connectivity index (χ4v) is 2.19. The largest absolute Gasteiger partial charge is 0.497 e. The number of rotatable bonds is 5. The van der Waals surface area contributed by atoms with Crippen molar-refractivity contribution >= 4 is 17.6 Å². The van der Waals surface area contributed by atoms with Gasteiger partial charge in [-0.3, -0.25) is 4.79 Å². The van der Waals surface area contributed by atoms with E-state index in [9.17, 15) is 22.8 Å². The van der Waals surface area contributed by atoms with Crippen LogP contribution < -0.4 is 14.8 Å². The molecule has 0 atom stereocenters. The molecule has 0 saturated carbocycles. The maximum atomic E-state index is 12.9. The Morgan fingerprint density at radius 3 is 2.19 bits per heavy atom. The van der Waals surface area contributed by atoms with Crippen molar-refractivity contribution in [2.24, 2.45) is 0 Å². The van der Waals surface area contributed by atoms with Gasteiger partial charge >= 0.3 is 12.1 Å². The van der Waals surface area contributed by atoms with Crippen LogP contribution in [0.5, 0.6) is 11.5 Å². The Bertz CT molecular complexity index is 849. The highest BCUT2D eigenvalue weighted by Crippen LogP contribution is 2.33. The molecule has 9 heteroatoms. The lowest BCUT2D eigenvalue weighted by atomic mass is 10.1. The first-order chi connectivity index (χ1) is 12.2. The molecule has 0 aliphatic carbocycles. The van der Waals surface area contributed by atoms with E-state index in [4.69, 9.17) is 14.6 Å². The molecule has 2 N–H and O–H groups in total. The first-order valence-electron chi connectivity index (χ1n) is 7.15. The molecule has 0 aromatic heterocycles. The molecule has 0 fully saturated rings. The third-order valence-corrected chi connectivity index (χ3v) is 3.48. The Kier molecular flexibility index (Phi) is 5.39. The van der Waals surface area contributed by atoms with Gasteiger partial charge in [0.25, 0.3) is 5.91 Å². The van der Waals surface area contributed by atoms with Gasteiger partial charge < -0.3 is 19.9 Å². The molecule has 0 unspecified atom stereocenters. The summed E-state index contributed by atoms with van der Waals surface area (Å²) in [6.07, 6.45) is -4.69. The van der Waals surface area contributed by atoms with Crippen molar-refractivity contribution in [3.05, 3.63) is 53.1 Å². The van der Waals surface area contributed by atoms with E-state index in [0.29, 0.717) is 17.9 Å². The van der Waals surface area contributed by atoms with E-state index in [2.05, 4.69) is 5.32 Å². The van der Waals surface area contributed by atoms with E-state index in [-0.39, 0.29) is 11.3 Å². The Morgan fingerprint density at radius 2 is 1.65 bits per heavy atom. The molecule has 6 nitrogen and oxygen atoms in total. The summed E-state index contributed by atoms with van der Waals surface area (Å²) in [4.78, 5) is 23.7. The summed E-state index contributed by atoms with van der Waals surface area (Å²) < 4.78 is 48.7. The van der Waals surface area contributed by atoms with Gasteiger partial charge in [-0.05, 0) is 30.3 Å². The molecule has 0 bridgehead atoms. The standard InChI is InChI=1S/C17H14F3NO5/c1-25-10-4-6-12(14(8-10)26-2)15(22)21-13-7-9(17(18,19)20)3-5-11(13)16(23)24/h3-8H,1-2H3,(H,21,22)(H,23,24). The number of carboxylic acids is 1. The summed E-state index contributed by atoms with van der Waals surface area (Å²) >= 11 is 0. The molecule has 138 valence electrons. The Labute approximate surface area is 146 Å². The third kappa shape index (κ3) is 4.05. The molecule has 2 aromatic rings. The lowest BCUT2D eigenvalue weighted by Crippen LogP contribution is -2.17. The number of benzene rings is 2. The molecular weight excluding hydrogens is 355 g/mol. The predicted molar refractivity (Wildman–Crippen MR) is 85.9 cm³/mol. The minimum Gasteiger partial charge on any atom is -0.497 e. The van der Waals surface area contributed by atoms with Gasteiger partial charge in [-0.15, -0.1) is 0 Å². The van der Waals surface area contributed by atoms with E-state index in [1.165, 1.54) is 32.4 Å². The molecule has 0 heterocycles. The van der Waals surface area contributed by atoms with Gasteiger partial charge in [0, 0.05) is 6.07 Å². The molecule has 1 amide bonds. The fraction of sp³-hybridized carbons (Fsp3) is 0.176. The van der Waals surface area contributed by atoms with E-state index in [1.807, 2.05) is 0 Å². The van der Waals surface area contributed by atoms with Gasteiger partial charge in [-0.1, -0.05) is 0 Å². The van der Waals surface area contributed by atoms with E-state index >= 15 is 0 Å². The predicted octanol–water partition coefficient (Wildman–Crippen LogP) is 3.67. The molecule has 0 saturated heterocycles. The van der Waals surface area contributed by atoms with Crippen LogP contribution in [0.3, 0.4) is 0 Å². The molecule has 2 rings (SSSR count). The number of methoxy groups -OCH3 is 2. The second-order valence-corrected chi connectivity index (χ2v) is 5.08. The second kappa shape index (κ2) is 7.34. The first kappa shape index (κ1) is 19.1. The van der Waals surface area contributed by atoms with Crippen LogP contribution in [0.2, 0.25) is 0 Å². The number of nitrogens with one attached hydrogen (secondary N) is 1. The normalized spacial score (nSPS) is 11.0. The van der Waals surface area contributed by atoms with Crippen molar-refractivity contribution in [2.45, 2.75) is 6.18 Å². The number of amides is 1. The van der Waals surface area contributed by atoms with E-state index in [1.54, 1.807) is 0 Å². The van der Waals surface area contributed by atoms with Gasteiger partial charge in [0.05, 0.1) is 36.6 Å². The average Bonchev–Trinajstić information content (AvgIpc) is 2.59. The minimum atomic E-state index is -4.69. The van der Waals surface area contributed by atoms with Crippen molar-refractivity contribution in [2.75, 3.05) is 19.5 Å². The maximum absolute atomic E-state index is 12.9. The Balaban J connectivity index is 2.43. The highest BCUT2D eigenvalue weighted by atomic mass is 19.4. The number of carboxylic acid groups (broad SMARTS) is 1. The summed E-state index contributed by atoms with van der Waals surface area (Å²) in [5, 5.41) is 11.3. The van der Waals surface area contributed by atoms with Crippen LogP contribution in [0.25, 0.3) is 0 Å². The van der Waals surface area contributed by atoms with Crippen LogP contribution in [0.15, 0.2) is 36.4 Å². The number of alkyl halides is 3. The molecule has 0 spiro atoms. The highest BCUT2D eigenvalue weighted by Gasteiger charge is 2.32. The minimum absolute atomic E-state index is 0.00190. The molecule has 0 aliphatic heterocycles. The van der Waals surface area contributed by atoms with Gasteiger partial charge in [-0.2, -0.15) is 13.2 Å². The number of anilines is 1. The van der Waals surface area contributed by atoms with Gasteiger partial charge in [0.15, 0.2) is 0 Å². The zero-order valence-corrected chi connectivity index (χ0v) is 13.7. The molecule has 2 aromatic carbocycles. The highest BCUT2D eigenvalue weighted by molar-refractivity contribution is 6.09. The number of halogens is 3. The van der Waals surface area contributed by atoms with Crippen molar-refractivity contribution in [1.29, 1.82) is 0 Å². The van der Waals surface area contributed by atoms with Crippen LogP contribution in [0.4, 0.5) is 18.9 Å². The van der Waals surface area contributed by atoms with Crippen molar-refractivity contribution in [3.63, 3.8) is 0 Å². The van der Waals surface area contributed by atoms with Crippen LogP contribution in [0, 0.1) is 0 Å². The van der Waals surface area contributed by atoms with Gasteiger partial charge in [0.1, 0.15) is 11.5 Å². The summed E-state index contributed by atoms with van der Waals surface area (Å²) in [5.41, 5.74) is -2.03. The SMILES string of the molecule is COc1ccc(C(=O)Nc2cc(C(F)(F)F)ccc2C(=O)O)c(OC)c1. The number of carbonyl (C=O) groups excluding carboxylic acids is 1. The second-order valence-electron chi connectivity index (χ2n) is 5.08. The maximum Gasteiger partial charge on any atom is 0.416 e. The molecular formula is C17H14F3NO5. The Hall–Kier alpha value is -3.23. The lowest BCUT2D eigenvalue weighted by Gasteiger charge is -2.14. The summed E-state index contributed by atoms with van der Waals surface area (Å²) in [5.74, 6) is -1.78. The molecule has 26 heavy (non-hydrogen) atoms. The topological polar surface area (TPSA) is 84.9 Å². The number of aromatic carboxylic acids is 1. The summed E-state index contributed by atoms with van der Waals surface area (Å²) in [7, 11) is 2.72. The number of hydrogen-bond acceptors (Lipinski definition) is 4. The number of hydrogen-bond donors (Lipinski definition) is 2. The van der Waals surface area contributed by atoms with Crippen molar-refractivity contribution in [3.8, 4) is 11.5 Å². The summed E-state index contributed by atoms with van der Waals surface area (Å²) in [6.45, 7) is 0. The fourth-order valence-electron chi connectivity index (χ4n) is 2.19. The quantitative estimate of drug-likeness (QED) is 0.840. The van der Waals surface area contributed by atoms with Crippen LogP contribution in [-0.2, 0) is 6.18 Å². The monoisotopic (exact) mass is 369 g/mol. The number of ether oxygens (including phenoxy) is 2. The number of carbonyl (C=O) groups is 2. The van der Waals surface area contributed by atoms with E-state index in [0.717, 1.165) is 6.07 Å².